The number of hydrogen-bond donors (Lipinski definition) is 2. The molecule has 6 nitrogen and oxygen atoms in total. The molecule has 6 heteroatoms. The highest BCUT2D eigenvalue weighted by Crippen LogP contribution is 2.22. The van der Waals surface area contributed by atoms with Crippen molar-refractivity contribution in [2.24, 2.45) is 0 Å². The van der Waals surface area contributed by atoms with Gasteiger partial charge in [-0.2, -0.15) is 0 Å². The van der Waals surface area contributed by atoms with Crippen LogP contribution in [0.25, 0.3) is 22.2 Å². The van der Waals surface area contributed by atoms with E-state index >= 15 is 0 Å². The summed E-state index contributed by atoms with van der Waals surface area (Å²) in [4.78, 5) is 28.4. The summed E-state index contributed by atoms with van der Waals surface area (Å²) in [6, 6.07) is 27.6. The second-order valence-corrected chi connectivity index (χ2v) is 7.39. The van der Waals surface area contributed by atoms with Crippen molar-refractivity contribution in [2.45, 2.75) is 19.1 Å². The van der Waals surface area contributed by atoms with E-state index in [1.807, 2.05) is 91.0 Å². The zero-order valence-corrected chi connectivity index (χ0v) is 17.3. The molecule has 0 bridgehead atoms. The number of carbonyl (C=O) groups excluding carboxylic acids is 1. The first-order chi connectivity index (χ1) is 15.6. The summed E-state index contributed by atoms with van der Waals surface area (Å²) in [6.45, 7) is 0.0277. The number of aliphatic carboxylic acids is 1. The number of nitrogens with one attached hydrogen (secondary N) is 1. The van der Waals surface area contributed by atoms with Crippen LogP contribution in [0.3, 0.4) is 0 Å². The van der Waals surface area contributed by atoms with Crippen LogP contribution in [0.5, 0.6) is 0 Å². The number of aromatic nitrogens is 1. The van der Waals surface area contributed by atoms with Crippen molar-refractivity contribution in [1.82, 2.24) is 10.3 Å². The van der Waals surface area contributed by atoms with Gasteiger partial charge in [0.05, 0.1) is 11.2 Å². The van der Waals surface area contributed by atoms with Gasteiger partial charge in [0.2, 0.25) is 0 Å². The van der Waals surface area contributed by atoms with Crippen molar-refractivity contribution in [1.29, 1.82) is 0 Å². The lowest BCUT2D eigenvalue weighted by Gasteiger charge is -2.15. The highest BCUT2D eigenvalue weighted by molar-refractivity contribution is 5.82. The Morgan fingerprint density at radius 1 is 0.875 bits per heavy atom. The van der Waals surface area contributed by atoms with Gasteiger partial charge >= 0.3 is 12.1 Å². The molecule has 0 saturated carbocycles. The third kappa shape index (κ3) is 5.29. The zero-order valence-electron chi connectivity index (χ0n) is 17.3. The Morgan fingerprint density at radius 2 is 1.59 bits per heavy atom. The molecule has 0 radical (unpaired) electrons. The molecule has 0 saturated heterocycles. The Morgan fingerprint density at radius 3 is 2.31 bits per heavy atom. The molecular weight excluding hydrogens is 404 g/mol. The number of fused-ring (bicyclic) bond motifs is 1. The second kappa shape index (κ2) is 9.75. The number of carboxylic acids is 1. The molecule has 0 aliphatic carbocycles. The minimum absolute atomic E-state index is 0.0277. The minimum atomic E-state index is -1.11. The smallest absolute Gasteiger partial charge is 0.408 e. The van der Waals surface area contributed by atoms with Crippen molar-refractivity contribution in [3.8, 4) is 11.3 Å². The van der Waals surface area contributed by atoms with Crippen LogP contribution in [0.2, 0.25) is 0 Å². The van der Waals surface area contributed by atoms with Gasteiger partial charge in [0, 0.05) is 17.4 Å². The molecule has 4 aromatic rings. The number of nitrogens with zero attached hydrogens (tertiary/aromatic N) is 1. The quantitative estimate of drug-likeness (QED) is 0.442. The molecule has 0 unspecified atom stereocenters. The van der Waals surface area contributed by atoms with Gasteiger partial charge in [0.25, 0.3) is 0 Å². The molecule has 1 heterocycles. The number of carboxylic acid groups (broad SMARTS) is 1. The third-order valence-electron chi connectivity index (χ3n) is 5.07. The number of pyridine rings is 1. The summed E-state index contributed by atoms with van der Waals surface area (Å²) in [5.74, 6) is -1.11. The normalized spacial score (nSPS) is 11.6. The predicted molar refractivity (Wildman–Crippen MR) is 122 cm³/mol. The van der Waals surface area contributed by atoms with E-state index < -0.39 is 18.1 Å². The molecule has 3 aromatic carbocycles. The van der Waals surface area contributed by atoms with Crippen LogP contribution >= 0.6 is 0 Å². The zero-order chi connectivity index (χ0) is 22.3. The van der Waals surface area contributed by atoms with E-state index in [2.05, 4.69) is 5.32 Å². The van der Waals surface area contributed by atoms with Crippen molar-refractivity contribution >= 4 is 23.0 Å². The van der Waals surface area contributed by atoms with Gasteiger partial charge in [-0.3, -0.25) is 0 Å². The first-order valence-electron chi connectivity index (χ1n) is 10.2. The number of ether oxygens (including phenoxy) is 1. The summed E-state index contributed by atoms with van der Waals surface area (Å²) < 4.78 is 5.25. The van der Waals surface area contributed by atoms with Gasteiger partial charge in [-0.05, 0) is 29.3 Å². The fourth-order valence-corrected chi connectivity index (χ4v) is 3.42. The predicted octanol–water partition coefficient (Wildman–Crippen LogP) is 4.82. The highest BCUT2D eigenvalue weighted by Gasteiger charge is 2.21. The molecule has 32 heavy (non-hydrogen) atoms. The van der Waals surface area contributed by atoms with E-state index in [-0.39, 0.29) is 13.0 Å². The minimum Gasteiger partial charge on any atom is -0.480 e. The highest BCUT2D eigenvalue weighted by atomic mass is 16.5. The summed E-state index contributed by atoms with van der Waals surface area (Å²) in [5, 5.41) is 12.8. The van der Waals surface area contributed by atoms with Crippen LogP contribution in [-0.4, -0.2) is 28.2 Å². The standard InChI is InChI=1S/C26H22N2O4/c29-25(30)24(16-18-7-3-1-4-8-18)28-26(31)32-17-19-11-13-23-21(15-19)12-14-22(27-23)20-9-5-2-6-10-20/h1-15,24H,16-17H2,(H,28,31)(H,29,30)/t24-/m1/s1. The van der Waals surface area contributed by atoms with Crippen molar-refractivity contribution in [3.05, 3.63) is 102 Å². The Bertz CT molecular complexity index is 1230. The third-order valence-corrected chi connectivity index (χ3v) is 5.07. The van der Waals surface area contributed by atoms with E-state index in [0.29, 0.717) is 0 Å². The lowest BCUT2D eigenvalue weighted by molar-refractivity contribution is -0.139. The summed E-state index contributed by atoms with van der Waals surface area (Å²) in [5.41, 5.74) is 4.38. The van der Waals surface area contributed by atoms with Crippen molar-refractivity contribution in [2.75, 3.05) is 0 Å². The van der Waals surface area contributed by atoms with Gasteiger partial charge in [-0.1, -0.05) is 72.8 Å². The maximum Gasteiger partial charge on any atom is 0.408 e. The monoisotopic (exact) mass is 426 g/mol. The maximum atomic E-state index is 12.2. The summed E-state index contributed by atoms with van der Waals surface area (Å²) in [7, 11) is 0. The molecule has 0 spiro atoms. The Kier molecular flexibility index (Phi) is 6.41. The average Bonchev–Trinajstić information content (AvgIpc) is 2.83. The first kappa shape index (κ1) is 21.1. The van der Waals surface area contributed by atoms with E-state index in [9.17, 15) is 14.7 Å². The molecule has 1 aromatic heterocycles. The molecule has 1 atom stereocenters. The van der Waals surface area contributed by atoms with Crippen molar-refractivity contribution < 1.29 is 19.4 Å². The summed E-state index contributed by atoms with van der Waals surface area (Å²) >= 11 is 0. The molecule has 0 aliphatic heterocycles. The van der Waals surface area contributed by atoms with E-state index in [1.54, 1.807) is 0 Å². The van der Waals surface area contributed by atoms with E-state index in [4.69, 9.17) is 9.72 Å². The Hall–Kier alpha value is -4.19. The average molecular weight is 426 g/mol. The first-order valence-corrected chi connectivity index (χ1v) is 10.2. The molecule has 0 fully saturated rings. The van der Waals surface area contributed by atoms with E-state index in [1.165, 1.54) is 0 Å². The van der Waals surface area contributed by atoms with Gasteiger partial charge in [-0.15, -0.1) is 0 Å². The number of alkyl carbamates (subject to hydrolysis) is 1. The molecule has 0 aliphatic rings. The lowest BCUT2D eigenvalue weighted by Crippen LogP contribution is -2.42. The molecular formula is C26H22N2O4. The van der Waals surface area contributed by atoms with Crippen LogP contribution in [0.1, 0.15) is 11.1 Å². The Balaban J connectivity index is 1.38. The lowest BCUT2D eigenvalue weighted by atomic mass is 10.1. The maximum absolute atomic E-state index is 12.2. The number of rotatable bonds is 7. The van der Waals surface area contributed by atoms with Gasteiger partial charge in [0.1, 0.15) is 12.6 Å². The SMILES string of the molecule is O=C(N[C@H](Cc1ccccc1)C(=O)O)OCc1ccc2nc(-c3ccccc3)ccc2c1. The second-order valence-electron chi connectivity index (χ2n) is 7.39. The van der Waals surface area contributed by atoms with Gasteiger partial charge < -0.3 is 15.2 Å². The Labute approximate surface area is 185 Å². The van der Waals surface area contributed by atoms with Crippen molar-refractivity contribution in [3.63, 3.8) is 0 Å². The van der Waals surface area contributed by atoms with Crippen LogP contribution in [0.15, 0.2) is 91.0 Å². The molecule has 1 amide bonds. The largest absolute Gasteiger partial charge is 0.480 e. The molecule has 160 valence electrons. The number of amides is 1. The number of hydrogen-bond acceptors (Lipinski definition) is 4. The fraction of sp³-hybridized carbons (Fsp3) is 0.115. The van der Waals surface area contributed by atoms with Gasteiger partial charge in [0.15, 0.2) is 0 Å². The van der Waals surface area contributed by atoms with Crippen LogP contribution in [0, 0.1) is 0 Å². The molecule has 2 N–H and O–H groups in total. The van der Waals surface area contributed by atoms with E-state index in [0.717, 1.165) is 33.3 Å². The van der Waals surface area contributed by atoms with Gasteiger partial charge in [-0.25, -0.2) is 14.6 Å². The molecule has 4 rings (SSSR count). The fourth-order valence-electron chi connectivity index (χ4n) is 3.42. The van der Waals surface area contributed by atoms with Crippen LogP contribution < -0.4 is 5.32 Å². The number of carbonyl (C=O) groups is 2. The van der Waals surface area contributed by atoms with Crippen LogP contribution in [0.4, 0.5) is 4.79 Å². The van der Waals surface area contributed by atoms with Crippen LogP contribution in [-0.2, 0) is 22.6 Å². The summed E-state index contributed by atoms with van der Waals surface area (Å²) in [6.07, 6.45) is -0.595. The topological polar surface area (TPSA) is 88.5 Å². The number of benzene rings is 3.